The minimum atomic E-state index is -0.341. The molecule has 0 saturated heterocycles. The Morgan fingerprint density at radius 1 is 1.16 bits per heavy atom. The topological polar surface area (TPSA) is 0 Å². The lowest BCUT2D eigenvalue weighted by Gasteiger charge is -2.14. The molecule has 0 radical (unpaired) electrons. The van der Waals surface area contributed by atoms with E-state index in [-0.39, 0.29) is 11.2 Å². The second-order valence-corrected chi connectivity index (χ2v) is 5.74. The van der Waals surface area contributed by atoms with Crippen LogP contribution in [0.3, 0.4) is 0 Å². The van der Waals surface area contributed by atoms with Gasteiger partial charge in [-0.1, -0.05) is 35.3 Å². The maximum absolute atomic E-state index is 13.7. The average molecular weight is 318 g/mol. The third-order valence-electron chi connectivity index (χ3n) is 3.01. The van der Waals surface area contributed by atoms with E-state index in [9.17, 15) is 4.39 Å². The lowest BCUT2D eigenvalue weighted by molar-refractivity contribution is 0.607. The van der Waals surface area contributed by atoms with E-state index in [1.54, 1.807) is 18.2 Å². The Bertz CT molecular complexity index is 576. The molecule has 0 aliphatic carbocycles. The van der Waals surface area contributed by atoms with Gasteiger partial charge in [0, 0.05) is 15.6 Å². The molecule has 0 nitrogen and oxygen atoms in total. The van der Waals surface area contributed by atoms with Crippen molar-refractivity contribution in [2.24, 2.45) is 0 Å². The van der Waals surface area contributed by atoms with Crippen LogP contribution in [0.2, 0.25) is 10.0 Å². The Hall–Kier alpha value is -0.760. The van der Waals surface area contributed by atoms with E-state index in [1.807, 2.05) is 19.1 Å². The molecule has 0 aliphatic heterocycles. The van der Waals surface area contributed by atoms with E-state index in [0.29, 0.717) is 22.0 Å². The fraction of sp³-hybridized carbons (Fsp3) is 0.200. The molecule has 0 aliphatic rings. The average Bonchev–Trinajstić information content (AvgIpc) is 2.33. The molecule has 4 heteroatoms. The molecule has 0 bridgehead atoms. The van der Waals surface area contributed by atoms with Crippen LogP contribution in [0, 0.1) is 12.7 Å². The lowest BCUT2D eigenvalue weighted by Crippen LogP contribution is -2.01. The molecule has 0 N–H and O–H groups in total. The van der Waals surface area contributed by atoms with Crippen molar-refractivity contribution in [1.82, 2.24) is 0 Å². The summed E-state index contributed by atoms with van der Waals surface area (Å²) in [4.78, 5) is 0. The highest BCUT2D eigenvalue weighted by atomic mass is 35.5. The first-order chi connectivity index (χ1) is 8.99. The van der Waals surface area contributed by atoms with Crippen molar-refractivity contribution in [1.29, 1.82) is 0 Å². The molecule has 0 spiro atoms. The van der Waals surface area contributed by atoms with Crippen molar-refractivity contribution >= 4 is 34.8 Å². The lowest BCUT2D eigenvalue weighted by atomic mass is 10.00. The van der Waals surface area contributed by atoms with Crippen LogP contribution < -0.4 is 0 Å². The molecule has 0 amide bonds. The minimum absolute atomic E-state index is 0.329. The molecule has 0 saturated carbocycles. The van der Waals surface area contributed by atoms with Gasteiger partial charge >= 0.3 is 0 Å². The smallest absolute Gasteiger partial charge is 0.127 e. The highest BCUT2D eigenvalue weighted by Crippen LogP contribution is 2.32. The molecule has 1 unspecified atom stereocenters. The molecule has 0 aromatic heterocycles. The van der Waals surface area contributed by atoms with Gasteiger partial charge in [0.15, 0.2) is 0 Å². The predicted octanol–water partition coefficient (Wildman–Crippen LogP) is 5.96. The number of benzene rings is 2. The zero-order valence-electron chi connectivity index (χ0n) is 10.3. The minimum Gasteiger partial charge on any atom is -0.207 e. The van der Waals surface area contributed by atoms with Crippen LogP contribution in [0.15, 0.2) is 36.4 Å². The Kier molecular flexibility index (Phi) is 4.72. The second-order valence-electron chi connectivity index (χ2n) is 4.37. The third kappa shape index (κ3) is 3.42. The van der Waals surface area contributed by atoms with E-state index in [4.69, 9.17) is 34.8 Å². The molecule has 2 rings (SSSR count). The van der Waals surface area contributed by atoms with E-state index in [0.717, 1.165) is 11.1 Å². The Morgan fingerprint density at radius 2 is 1.89 bits per heavy atom. The summed E-state index contributed by atoms with van der Waals surface area (Å²) in [5.74, 6) is -0.329. The Labute approximate surface area is 127 Å². The number of halogens is 4. The molecule has 1 atom stereocenters. The molecule has 0 fully saturated rings. The predicted molar refractivity (Wildman–Crippen MR) is 79.9 cm³/mol. The number of aryl methyl sites for hydroxylation is 1. The molecule has 0 heterocycles. The normalized spacial score (nSPS) is 12.5. The van der Waals surface area contributed by atoms with Crippen molar-refractivity contribution in [3.05, 3.63) is 69.0 Å². The maximum atomic E-state index is 13.7. The molecular weight excluding hydrogens is 306 g/mol. The van der Waals surface area contributed by atoms with Gasteiger partial charge in [0.1, 0.15) is 5.82 Å². The monoisotopic (exact) mass is 316 g/mol. The van der Waals surface area contributed by atoms with Crippen LogP contribution in [0.5, 0.6) is 0 Å². The van der Waals surface area contributed by atoms with Crippen molar-refractivity contribution in [3.8, 4) is 0 Å². The van der Waals surface area contributed by atoms with Crippen molar-refractivity contribution in [2.75, 3.05) is 0 Å². The largest absolute Gasteiger partial charge is 0.207 e. The van der Waals surface area contributed by atoms with Crippen LogP contribution in [-0.2, 0) is 6.42 Å². The standard InChI is InChI=1S/C15H12Cl3F/c1-9-7-10(16)5-6-11(9)14(18)8-12-13(17)3-2-4-15(12)19/h2-7,14H,8H2,1H3. The number of alkyl halides is 1. The van der Waals surface area contributed by atoms with E-state index >= 15 is 0 Å². The summed E-state index contributed by atoms with van der Waals surface area (Å²) in [6.07, 6.45) is 0.343. The van der Waals surface area contributed by atoms with Gasteiger partial charge in [-0.3, -0.25) is 0 Å². The SMILES string of the molecule is Cc1cc(Cl)ccc1C(Cl)Cc1c(F)cccc1Cl. The summed E-state index contributed by atoms with van der Waals surface area (Å²) in [5, 5.41) is 0.720. The molecule has 2 aromatic carbocycles. The number of hydrogen-bond donors (Lipinski definition) is 0. The van der Waals surface area contributed by atoms with Crippen molar-refractivity contribution in [2.45, 2.75) is 18.7 Å². The highest BCUT2D eigenvalue weighted by molar-refractivity contribution is 6.31. The van der Waals surface area contributed by atoms with Crippen molar-refractivity contribution in [3.63, 3.8) is 0 Å². The van der Waals surface area contributed by atoms with Crippen molar-refractivity contribution < 1.29 is 4.39 Å². The summed E-state index contributed by atoms with van der Waals surface area (Å²) in [6.45, 7) is 1.93. The quantitative estimate of drug-likeness (QED) is 0.612. The Balaban J connectivity index is 2.28. The van der Waals surface area contributed by atoms with Gasteiger partial charge < -0.3 is 0 Å². The number of hydrogen-bond acceptors (Lipinski definition) is 0. The van der Waals surface area contributed by atoms with Gasteiger partial charge in [-0.2, -0.15) is 0 Å². The van der Waals surface area contributed by atoms with Crippen LogP contribution in [0.1, 0.15) is 22.1 Å². The fourth-order valence-corrected chi connectivity index (χ4v) is 2.87. The van der Waals surface area contributed by atoms with Crippen LogP contribution in [0.4, 0.5) is 4.39 Å². The van der Waals surface area contributed by atoms with E-state index < -0.39 is 0 Å². The zero-order valence-corrected chi connectivity index (χ0v) is 12.5. The van der Waals surface area contributed by atoms with Gasteiger partial charge in [-0.05, 0) is 48.7 Å². The van der Waals surface area contributed by atoms with Gasteiger partial charge in [0.25, 0.3) is 0 Å². The highest BCUT2D eigenvalue weighted by Gasteiger charge is 2.16. The first kappa shape index (κ1) is 14.6. The summed E-state index contributed by atoms with van der Waals surface area (Å²) in [5.41, 5.74) is 2.36. The van der Waals surface area contributed by atoms with Crippen LogP contribution in [-0.4, -0.2) is 0 Å². The Morgan fingerprint density at radius 3 is 2.53 bits per heavy atom. The fourth-order valence-electron chi connectivity index (χ4n) is 2.01. The van der Waals surface area contributed by atoms with E-state index in [2.05, 4.69) is 0 Å². The first-order valence-corrected chi connectivity index (χ1v) is 7.01. The van der Waals surface area contributed by atoms with Crippen LogP contribution >= 0.6 is 34.8 Å². The van der Waals surface area contributed by atoms with E-state index in [1.165, 1.54) is 6.07 Å². The second kappa shape index (κ2) is 6.13. The molecule has 19 heavy (non-hydrogen) atoms. The van der Waals surface area contributed by atoms with Gasteiger partial charge in [0.05, 0.1) is 5.38 Å². The first-order valence-electron chi connectivity index (χ1n) is 5.82. The molecule has 2 aromatic rings. The van der Waals surface area contributed by atoms with Gasteiger partial charge in [-0.15, -0.1) is 11.6 Å². The summed E-state index contributed by atoms with van der Waals surface area (Å²) in [7, 11) is 0. The summed E-state index contributed by atoms with van der Waals surface area (Å²) < 4.78 is 13.7. The molecule has 100 valence electrons. The number of rotatable bonds is 3. The van der Waals surface area contributed by atoms with Crippen LogP contribution in [0.25, 0.3) is 0 Å². The third-order valence-corrected chi connectivity index (χ3v) is 3.99. The van der Waals surface area contributed by atoms with Gasteiger partial charge in [-0.25, -0.2) is 4.39 Å². The maximum Gasteiger partial charge on any atom is 0.127 e. The summed E-state index contributed by atoms with van der Waals surface area (Å²) in [6, 6.07) is 10.1. The van der Waals surface area contributed by atoms with Gasteiger partial charge in [0.2, 0.25) is 0 Å². The zero-order chi connectivity index (χ0) is 14.0. The molecular formula is C15H12Cl3F. The summed E-state index contributed by atoms with van der Waals surface area (Å²) >= 11 is 18.3.